The van der Waals surface area contributed by atoms with Crippen LogP contribution in [0.1, 0.15) is 46.0 Å². The lowest BCUT2D eigenvalue weighted by Gasteiger charge is -2.35. The number of aryl methyl sites for hydroxylation is 2. The van der Waals surface area contributed by atoms with E-state index in [1.807, 2.05) is 4.68 Å². The number of methoxy groups -OCH3 is 1. The van der Waals surface area contributed by atoms with Crippen LogP contribution in [0.25, 0.3) is 0 Å². The van der Waals surface area contributed by atoms with Gasteiger partial charge in [0.25, 0.3) is 0 Å². The fourth-order valence-corrected chi connectivity index (χ4v) is 3.52. The van der Waals surface area contributed by atoms with Gasteiger partial charge in [-0.2, -0.15) is 5.10 Å². The van der Waals surface area contributed by atoms with Crippen molar-refractivity contribution in [3.05, 3.63) is 15.9 Å². The predicted molar refractivity (Wildman–Crippen MR) is 90.0 cm³/mol. The van der Waals surface area contributed by atoms with Gasteiger partial charge in [0.1, 0.15) is 0 Å². The van der Waals surface area contributed by atoms with Crippen LogP contribution in [0.4, 0.5) is 0 Å². The number of nitrogens with zero attached hydrogens (tertiary/aromatic N) is 2. The molecule has 1 heterocycles. The highest BCUT2D eigenvalue weighted by Crippen LogP contribution is 2.29. The van der Waals surface area contributed by atoms with Gasteiger partial charge in [0, 0.05) is 20.1 Å². The third-order valence-corrected chi connectivity index (χ3v) is 4.71. The molecule has 2 unspecified atom stereocenters. The van der Waals surface area contributed by atoms with E-state index in [1.54, 1.807) is 7.11 Å². The average Bonchev–Trinajstić information content (AvgIpc) is 2.73. The lowest BCUT2D eigenvalue weighted by atomic mass is 9.83. The molecule has 0 amide bonds. The summed E-state index contributed by atoms with van der Waals surface area (Å²) in [6.45, 7) is 11.5. The van der Waals surface area contributed by atoms with Crippen molar-refractivity contribution >= 4 is 15.9 Å². The summed E-state index contributed by atoms with van der Waals surface area (Å²) in [6.07, 6.45) is 1.70. The van der Waals surface area contributed by atoms with Crippen molar-refractivity contribution in [3.8, 4) is 0 Å². The van der Waals surface area contributed by atoms with E-state index in [9.17, 15) is 0 Å². The fraction of sp³-hybridized carbons (Fsp3) is 0.800. The maximum Gasteiger partial charge on any atom is 0.0789 e. The van der Waals surface area contributed by atoms with Crippen LogP contribution in [0.15, 0.2) is 4.47 Å². The third-order valence-electron chi connectivity index (χ3n) is 3.79. The van der Waals surface area contributed by atoms with Crippen LogP contribution in [-0.4, -0.2) is 29.0 Å². The zero-order valence-electron chi connectivity index (χ0n) is 14.0. The number of ether oxygens (including phenoxy) is 1. The topological polar surface area (TPSA) is 65.1 Å². The normalized spacial score (nSPS) is 15.2. The minimum Gasteiger partial charge on any atom is -0.379 e. The van der Waals surface area contributed by atoms with Gasteiger partial charge in [-0.3, -0.25) is 16.0 Å². The van der Waals surface area contributed by atoms with Crippen molar-refractivity contribution in [2.75, 3.05) is 7.11 Å². The van der Waals surface area contributed by atoms with Crippen LogP contribution in [0.3, 0.4) is 0 Å². The first-order valence-corrected chi connectivity index (χ1v) is 8.32. The summed E-state index contributed by atoms with van der Waals surface area (Å²) in [5.41, 5.74) is 5.19. The second-order valence-electron chi connectivity index (χ2n) is 6.38. The van der Waals surface area contributed by atoms with E-state index in [0.29, 0.717) is 0 Å². The molecule has 0 bridgehead atoms. The lowest BCUT2D eigenvalue weighted by molar-refractivity contribution is -0.0115. The molecule has 2 atom stereocenters. The molecule has 1 aromatic heterocycles. The molecular formula is C15H29BrN4O. The van der Waals surface area contributed by atoms with Crippen molar-refractivity contribution in [1.82, 2.24) is 15.2 Å². The van der Waals surface area contributed by atoms with Gasteiger partial charge < -0.3 is 4.74 Å². The number of hydrazine groups is 1. The Balaban J connectivity index is 3.09. The Hall–Kier alpha value is -0.430. The second kappa shape index (κ2) is 7.72. The van der Waals surface area contributed by atoms with Crippen LogP contribution in [0.2, 0.25) is 0 Å². The first-order chi connectivity index (χ1) is 9.79. The average molecular weight is 361 g/mol. The van der Waals surface area contributed by atoms with Crippen molar-refractivity contribution in [1.29, 1.82) is 0 Å². The Bertz CT molecular complexity index is 453. The molecule has 0 aliphatic heterocycles. The Labute approximate surface area is 136 Å². The minimum absolute atomic E-state index is 0.00289. The fourth-order valence-electron chi connectivity index (χ4n) is 2.80. The summed E-state index contributed by atoms with van der Waals surface area (Å²) in [5, 5.41) is 4.64. The van der Waals surface area contributed by atoms with E-state index < -0.39 is 0 Å². The summed E-state index contributed by atoms with van der Waals surface area (Å²) >= 11 is 3.69. The maximum absolute atomic E-state index is 5.80. The molecule has 1 rings (SSSR count). The van der Waals surface area contributed by atoms with Crippen molar-refractivity contribution in [2.45, 2.75) is 66.2 Å². The number of nitrogens with one attached hydrogen (secondary N) is 1. The van der Waals surface area contributed by atoms with E-state index in [0.717, 1.165) is 29.6 Å². The van der Waals surface area contributed by atoms with Crippen molar-refractivity contribution in [2.24, 2.45) is 11.3 Å². The Morgan fingerprint density at radius 1 is 1.38 bits per heavy atom. The van der Waals surface area contributed by atoms with E-state index >= 15 is 0 Å². The summed E-state index contributed by atoms with van der Waals surface area (Å²) in [5.74, 6) is 5.80. The lowest BCUT2D eigenvalue weighted by Crippen LogP contribution is -2.51. The van der Waals surface area contributed by atoms with E-state index in [4.69, 9.17) is 10.6 Å². The van der Waals surface area contributed by atoms with Gasteiger partial charge in [0.05, 0.1) is 28.0 Å². The van der Waals surface area contributed by atoms with Gasteiger partial charge >= 0.3 is 0 Å². The number of nitrogens with two attached hydrogens (primary N) is 1. The largest absolute Gasteiger partial charge is 0.379 e. The summed E-state index contributed by atoms with van der Waals surface area (Å²) < 4.78 is 8.84. The number of hydrogen-bond acceptors (Lipinski definition) is 4. The molecule has 3 N–H and O–H groups in total. The van der Waals surface area contributed by atoms with Gasteiger partial charge in [0.2, 0.25) is 0 Å². The molecule has 122 valence electrons. The van der Waals surface area contributed by atoms with Gasteiger partial charge in [-0.1, -0.05) is 27.7 Å². The van der Waals surface area contributed by atoms with Crippen LogP contribution in [0.5, 0.6) is 0 Å². The molecule has 0 aromatic carbocycles. The molecule has 0 saturated carbocycles. The molecule has 0 aliphatic rings. The molecule has 5 nitrogen and oxygen atoms in total. The second-order valence-corrected chi connectivity index (χ2v) is 7.17. The van der Waals surface area contributed by atoms with Crippen molar-refractivity contribution in [3.63, 3.8) is 0 Å². The highest BCUT2D eigenvalue weighted by atomic mass is 79.9. The van der Waals surface area contributed by atoms with Gasteiger partial charge in [-0.15, -0.1) is 0 Å². The Kier molecular flexibility index (Phi) is 6.84. The molecule has 21 heavy (non-hydrogen) atoms. The Morgan fingerprint density at radius 2 is 2.00 bits per heavy atom. The van der Waals surface area contributed by atoms with E-state index in [-0.39, 0.29) is 17.6 Å². The van der Waals surface area contributed by atoms with Crippen LogP contribution in [0, 0.1) is 5.41 Å². The summed E-state index contributed by atoms with van der Waals surface area (Å²) in [6, 6.07) is 0.0259. The third kappa shape index (κ3) is 4.28. The first kappa shape index (κ1) is 18.6. The van der Waals surface area contributed by atoms with Crippen LogP contribution < -0.4 is 11.3 Å². The molecule has 1 aromatic rings. The van der Waals surface area contributed by atoms with Crippen LogP contribution >= 0.6 is 15.9 Å². The Morgan fingerprint density at radius 3 is 2.38 bits per heavy atom. The molecule has 0 fully saturated rings. The number of aromatic nitrogens is 2. The predicted octanol–water partition coefficient (Wildman–Crippen LogP) is 2.66. The van der Waals surface area contributed by atoms with E-state index in [1.165, 1.54) is 5.69 Å². The minimum atomic E-state index is 0.00289. The number of halogens is 1. The van der Waals surface area contributed by atoms with E-state index in [2.05, 4.69) is 61.1 Å². The van der Waals surface area contributed by atoms with Gasteiger partial charge in [-0.25, -0.2) is 0 Å². The van der Waals surface area contributed by atoms with Crippen molar-refractivity contribution < 1.29 is 4.74 Å². The van der Waals surface area contributed by atoms with Crippen LogP contribution in [-0.2, 0) is 24.1 Å². The summed E-state index contributed by atoms with van der Waals surface area (Å²) in [7, 11) is 1.74. The molecule has 0 radical (unpaired) electrons. The number of rotatable bonds is 7. The highest BCUT2D eigenvalue weighted by molar-refractivity contribution is 9.10. The summed E-state index contributed by atoms with van der Waals surface area (Å²) in [4.78, 5) is 0. The molecule has 0 saturated heterocycles. The molecule has 6 heteroatoms. The van der Waals surface area contributed by atoms with Gasteiger partial charge in [0.15, 0.2) is 0 Å². The highest BCUT2D eigenvalue weighted by Gasteiger charge is 2.33. The monoisotopic (exact) mass is 360 g/mol. The maximum atomic E-state index is 5.80. The quantitative estimate of drug-likeness (QED) is 0.579. The number of hydrogen-bond donors (Lipinski definition) is 2. The first-order valence-electron chi connectivity index (χ1n) is 7.53. The zero-order chi connectivity index (χ0) is 16.2. The smallest absolute Gasteiger partial charge is 0.0789 e. The molecular weight excluding hydrogens is 332 g/mol. The molecule has 0 spiro atoms. The molecule has 0 aliphatic carbocycles. The SMILES string of the molecule is CCc1nn(CC)c(CC(NN)C(OC)C(C)(C)C)c1Br. The zero-order valence-corrected chi connectivity index (χ0v) is 15.6. The standard InChI is InChI=1S/C15H29BrN4O/c1-7-10-13(16)12(20(8-2)19-10)9-11(18-17)14(21-6)15(3,4)5/h11,14,18H,7-9,17H2,1-6H3. The van der Waals surface area contributed by atoms with Gasteiger partial charge in [-0.05, 0) is 34.7 Å².